The van der Waals surface area contributed by atoms with Crippen molar-refractivity contribution in [1.82, 2.24) is 9.80 Å². The lowest BCUT2D eigenvalue weighted by molar-refractivity contribution is 0.0811. The zero-order chi connectivity index (χ0) is 16.2. The van der Waals surface area contributed by atoms with Crippen molar-refractivity contribution in [3.05, 3.63) is 34.9 Å². The number of rotatable bonds is 6. The molecule has 1 aromatic rings. The molecule has 3 rings (SSSR count). The summed E-state index contributed by atoms with van der Waals surface area (Å²) in [6.07, 6.45) is 4.09. The van der Waals surface area contributed by atoms with Crippen LogP contribution in [0.5, 0.6) is 0 Å². The summed E-state index contributed by atoms with van der Waals surface area (Å²) in [5.41, 5.74) is 0.814. The molecule has 0 aliphatic carbocycles. The smallest absolute Gasteiger partial charge is 0.0931 e. The van der Waals surface area contributed by atoms with E-state index in [2.05, 4.69) is 9.80 Å². The number of hydrogen-bond donors (Lipinski definition) is 2. The SMILES string of the molecule is OCC1CCCN1CC1CCCN1CC(O)c1ccccc1Cl. The molecule has 2 aliphatic rings. The summed E-state index contributed by atoms with van der Waals surface area (Å²) in [5.74, 6) is 0. The van der Waals surface area contributed by atoms with E-state index >= 15 is 0 Å². The molecule has 2 N–H and O–H groups in total. The lowest BCUT2D eigenvalue weighted by Crippen LogP contribution is -2.44. The molecule has 5 heteroatoms. The van der Waals surface area contributed by atoms with E-state index in [-0.39, 0.29) is 6.61 Å². The number of halogens is 1. The molecule has 2 heterocycles. The van der Waals surface area contributed by atoms with Crippen molar-refractivity contribution in [1.29, 1.82) is 0 Å². The Bertz CT molecular complexity index is 514. The summed E-state index contributed by atoms with van der Waals surface area (Å²) < 4.78 is 0. The third-order valence-corrected chi connectivity index (χ3v) is 5.67. The van der Waals surface area contributed by atoms with Gasteiger partial charge in [0.15, 0.2) is 0 Å². The Morgan fingerprint density at radius 2 is 1.78 bits per heavy atom. The minimum absolute atomic E-state index is 0.259. The summed E-state index contributed by atoms with van der Waals surface area (Å²) in [6.45, 7) is 4.01. The highest BCUT2D eigenvalue weighted by molar-refractivity contribution is 6.31. The van der Waals surface area contributed by atoms with Crippen molar-refractivity contribution in [2.45, 2.75) is 43.9 Å². The van der Waals surface area contributed by atoms with Gasteiger partial charge in [0.2, 0.25) is 0 Å². The van der Waals surface area contributed by atoms with E-state index in [1.807, 2.05) is 24.3 Å². The molecular formula is C18H27ClN2O2. The van der Waals surface area contributed by atoms with E-state index in [0.717, 1.165) is 31.6 Å². The summed E-state index contributed by atoms with van der Waals surface area (Å²) in [6, 6.07) is 8.34. The first-order chi connectivity index (χ1) is 11.2. The maximum absolute atomic E-state index is 10.6. The van der Waals surface area contributed by atoms with Gasteiger partial charge in [0.1, 0.15) is 0 Å². The number of likely N-dealkylation sites (tertiary alicyclic amines) is 2. The van der Waals surface area contributed by atoms with E-state index < -0.39 is 6.10 Å². The van der Waals surface area contributed by atoms with Gasteiger partial charge in [-0.3, -0.25) is 9.80 Å². The summed E-state index contributed by atoms with van der Waals surface area (Å²) in [7, 11) is 0. The highest BCUT2D eigenvalue weighted by atomic mass is 35.5. The molecule has 2 fully saturated rings. The Morgan fingerprint density at radius 1 is 1.09 bits per heavy atom. The van der Waals surface area contributed by atoms with E-state index in [1.165, 1.54) is 19.3 Å². The molecule has 0 amide bonds. The average Bonchev–Trinajstić information content (AvgIpc) is 3.17. The molecule has 0 spiro atoms. The number of β-amino-alcohol motifs (C(OH)–C–C–N with tert-alkyl or cyclic N) is 1. The van der Waals surface area contributed by atoms with Gasteiger partial charge in [0, 0.05) is 35.8 Å². The molecular weight excluding hydrogens is 312 g/mol. The predicted octanol–water partition coefficient (Wildman–Crippen LogP) is 2.29. The number of nitrogens with zero attached hydrogens (tertiary/aromatic N) is 2. The van der Waals surface area contributed by atoms with Gasteiger partial charge in [-0.2, -0.15) is 0 Å². The Morgan fingerprint density at radius 3 is 2.52 bits per heavy atom. The van der Waals surface area contributed by atoms with Gasteiger partial charge in [-0.05, 0) is 44.8 Å². The van der Waals surface area contributed by atoms with E-state index in [9.17, 15) is 10.2 Å². The predicted molar refractivity (Wildman–Crippen MR) is 92.7 cm³/mol. The van der Waals surface area contributed by atoms with Crippen molar-refractivity contribution in [3.63, 3.8) is 0 Å². The molecule has 0 bridgehead atoms. The first-order valence-electron chi connectivity index (χ1n) is 8.70. The highest BCUT2D eigenvalue weighted by Crippen LogP contribution is 2.28. The van der Waals surface area contributed by atoms with Crippen molar-refractivity contribution in [3.8, 4) is 0 Å². The van der Waals surface area contributed by atoms with Crippen LogP contribution in [0.3, 0.4) is 0 Å². The van der Waals surface area contributed by atoms with Crippen LogP contribution in [0.4, 0.5) is 0 Å². The maximum Gasteiger partial charge on any atom is 0.0931 e. The van der Waals surface area contributed by atoms with Gasteiger partial charge >= 0.3 is 0 Å². The Kier molecular flexibility index (Phi) is 5.94. The van der Waals surface area contributed by atoms with Crippen LogP contribution in [0.25, 0.3) is 0 Å². The fraction of sp³-hybridized carbons (Fsp3) is 0.667. The average molecular weight is 339 g/mol. The van der Waals surface area contributed by atoms with Gasteiger partial charge in [0.25, 0.3) is 0 Å². The molecule has 2 aliphatic heterocycles. The number of hydrogen-bond acceptors (Lipinski definition) is 4. The molecule has 3 unspecified atom stereocenters. The molecule has 1 aromatic carbocycles. The second-order valence-corrected chi connectivity index (χ2v) is 7.21. The van der Waals surface area contributed by atoms with Crippen LogP contribution in [0, 0.1) is 0 Å². The van der Waals surface area contributed by atoms with E-state index in [0.29, 0.717) is 23.7 Å². The summed E-state index contributed by atoms with van der Waals surface area (Å²) >= 11 is 6.20. The van der Waals surface area contributed by atoms with Crippen LogP contribution in [-0.4, -0.2) is 64.9 Å². The lowest BCUT2D eigenvalue weighted by Gasteiger charge is -2.32. The zero-order valence-corrected chi connectivity index (χ0v) is 14.3. The second-order valence-electron chi connectivity index (χ2n) is 6.80. The van der Waals surface area contributed by atoms with Gasteiger partial charge in [-0.15, -0.1) is 0 Å². The molecule has 0 saturated carbocycles. The first-order valence-corrected chi connectivity index (χ1v) is 9.08. The Labute approximate surface area is 143 Å². The quantitative estimate of drug-likeness (QED) is 0.835. The van der Waals surface area contributed by atoms with Crippen LogP contribution in [-0.2, 0) is 0 Å². The van der Waals surface area contributed by atoms with Crippen molar-refractivity contribution >= 4 is 11.6 Å². The maximum atomic E-state index is 10.6. The summed E-state index contributed by atoms with van der Waals surface area (Å²) in [5, 5.41) is 20.7. The molecule has 2 saturated heterocycles. The van der Waals surface area contributed by atoms with Crippen LogP contribution in [0.1, 0.15) is 37.4 Å². The Balaban J connectivity index is 1.59. The lowest BCUT2D eigenvalue weighted by atomic mass is 10.1. The third kappa shape index (κ3) is 4.06. The minimum atomic E-state index is -0.545. The monoisotopic (exact) mass is 338 g/mol. The van der Waals surface area contributed by atoms with E-state index in [4.69, 9.17) is 11.6 Å². The second kappa shape index (κ2) is 7.95. The van der Waals surface area contributed by atoms with Crippen molar-refractivity contribution < 1.29 is 10.2 Å². The third-order valence-electron chi connectivity index (χ3n) is 5.33. The van der Waals surface area contributed by atoms with Crippen LogP contribution in [0.15, 0.2) is 24.3 Å². The molecule has 0 aromatic heterocycles. The molecule has 23 heavy (non-hydrogen) atoms. The van der Waals surface area contributed by atoms with Crippen molar-refractivity contribution in [2.75, 3.05) is 32.8 Å². The fourth-order valence-electron chi connectivity index (χ4n) is 4.02. The molecule has 4 nitrogen and oxygen atoms in total. The first kappa shape index (κ1) is 17.2. The summed E-state index contributed by atoms with van der Waals surface area (Å²) in [4.78, 5) is 4.81. The highest BCUT2D eigenvalue weighted by Gasteiger charge is 2.32. The van der Waals surface area contributed by atoms with Gasteiger partial charge < -0.3 is 10.2 Å². The Hall–Kier alpha value is -0.650. The van der Waals surface area contributed by atoms with Crippen LogP contribution < -0.4 is 0 Å². The van der Waals surface area contributed by atoms with Gasteiger partial charge in [-0.25, -0.2) is 0 Å². The number of aliphatic hydroxyl groups excluding tert-OH is 2. The number of benzene rings is 1. The van der Waals surface area contributed by atoms with Crippen molar-refractivity contribution in [2.24, 2.45) is 0 Å². The zero-order valence-electron chi connectivity index (χ0n) is 13.6. The fourth-order valence-corrected chi connectivity index (χ4v) is 4.28. The minimum Gasteiger partial charge on any atom is -0.395 e. The van der Waals surface area contributed by atoms with Crippen LogP contribution >= 0.6 is 11.6 Å². The largest absolute Gasteiger partial charge is 0.395 e. The van der Waals surface area contributed by atoms with Gasteiger partial charge in [0.05, 0.1) is 12.7 Å². The van der Waals surface area contributed by atoms with Crippen LogP contribution in [0.2, 0.25) is 5.02 Å². The van der Waals surface area contributed by atoms with E-state index in [1.54, 1.807) is 0 Å². The van der Waals surface area contributed by atoms with Gasteiger partial charge in [-0.1, -0.05) is 29.8 Å². The normalized spacial score (nSPS) is 27.6. The molecule has 3 atom stereocenters. The standard InChI is InChI=1S/C18H27ClN2O2/c19-17-8-2-1-7-16(17)18(23)12-21-10-3-5-14(21)11-20-9-4-6-15(20)13-22/h1-2,7-8,14-15,18,22-23H,3-6,9-13H2. The topological polar surface area (TPSA) is 46.9 Å². The molecule has 0 radical (unpaired) electrons. The molecule has 128 valence electrons. The number of aliphatic hydroxyl groups is 2.